The van der Waals surface area contributed by atoms with E-state index in [0.717, 1.165) is 5.56 Å². The molecular weight excluding hydrogens is 424 g/mol. The third-order valence-corrected chi connectivity index (χ3v) is 5.92. The van der Waals surface area contributed by atoms with E-state index in [4.69, 9.17) is 4.74 Å². The van der Waals surface area contributed by atoms with Crippen molar-refractivity contribution in [1.29, 1.82) is 0 Å². The average molecular weight is 447 g/mol. The van der Waals surface area contributed by atoms with Crippen LogP contribution in [-0.4, -0.2) is 32.8 Å². The molecule has 4 rings (SSSR count). The van der Waals surface area contributed by atoms with Gasteiger partial charge in [-0.05, 0) is 55.8 Å². The van der Waals surface area contributed by atoms with Crippen molar-refractivity contribution in [2.75, 3.05) is 12.4 Å². The van der Waals surface area contributed by atoms with E-state index in [1.807, 2.05) is 25.1 Å². The second kappa shape index (κ2) is 9.23. The van der Waals surface area contributed by atoms with Gasteiger partial charge in [0.2, 0.25) is 5.91 Å². The number of methoxy groups -OCH3 is 1. The molecule has 0 spiro atoms. The predicted octanol–water partition coefficient (Wildman–Crippen LogP) is 4.22. The van der Waals surface area contributed by atoms with Crippen molar-refractivity contribution in [3.63, 3.8) is 0 Å². The van der Waals surface area contributed by atoms with E-state index in [-0.39, 0.29) is 11.5 Å². The molecule has 162 valence electrons. The lowest BCUT2D eigenvalue weighted by molar-refractivity contribution is -0.115. The molecule has 2 heterocycles. The van der Waals surface area contributed by atoms with Crippen molar-refractivity contribution in [2.24, 2.45) is 0 Å². The molecule has 0 radical (unpaired) electrons. The van der Waals surface area contributed by atoms with Gasteiger partial charge in [0.05, 0.1) is 23.3 Å². The summed E-state index contributed by atoms with van der Waals surface area (Å²) in [6.07, 6.45) is 1.65. The lowest BCUT2D eigenvalue weighted by atomic mass is 10.2. The maximum atomic E-state index is 13.3. The third kappa shape index (κ3) is 4.50. The fourth-order valence-corrected chi connectivity index (χ4v) is 4.11. The highest BCUT2D eigenvalue weighted by Crippen LogP contribution is 2.26. The largest absolute Gasteiger partial charge is 0.497 e. The van der Waals surface area contributed by atoms with Crippen LogP contribution >= 0.6 is 11.8 Å². The number of para-hydroxylation sites is 1. The number of hydrogen-bond donors (Lipinski definition) is 1. The number of rotatable bonds is 6. The zero-order chi connectivity index (χ0) is 22.7. The molecule has 32 heavy (non-hydrogen) atoms. The van der Waals surface area contributed by atoms with Crippen LogP contribution in [0.2, 0.25) is 0 Å². The molecule has 2 aromatic carbocycles. The van der Waals surface area contributed by atoms with Crippen molar-refractivity contribution < 1.29 is 9.53 Å². The Kier molecular flexibility index (Phi) is 6.23. The topological polar surface area (TPSA) is 86.1 Å². The number of benzene rings is 2. The van der Waals surface area contributed by atoms with Gasteiger partial charge in [0.15, 0.2) is 5.16 Å². The first-order chi connectivity index (χ1) is 15.5. The molecule has 1 unspecified atom stereocenters. The number of nitrogens with one attached hydrogen (secondary N) is 1. The minimum absolute atomic E-state index is 0.214. The van der Waals surface area contributed by atoms with Gasteiger partial charge in [0, 0.05) is 18.0 Å². The van der Waals surface area contributed by atoms with Crippen LogP contribution in [0.25, 0.3) is 16.7 Å². The summed E-state index contributed by atoms with van der Waals surface area (Å²) in [5, 5.41) is 3.26. The van der Waals surface area contributed by atoms with Crippen LogP contribution in [0.3, 0.4) is 0 Å². The Hall–Kier alpha value is -3.65. The zero-order valence-electron chi connectivity index (χ0n) is 17.9. The molecule has 1 amide bonds. The molecule has 0 saturated heterocycles. The van der Waals surface area contributed by atoms with Crippen LogP contribution in [0.1, 0.15) is 12.5 Å². The van der Waals surface area contributed by atoms with Gasteiger partial charge in [-0.2, -0.15) is 0 Å². The lowest BCUT2D eigenvalue weighted by Crippen LogP contribution is -2.26. The minimum Gasteiger partial charge on any atom is -0.497 e. The second-order valence-electron chi connectivity index (χ2n) is 7.22. The van der Waals surface area contributed by atoms with E-state index in [0.29, 0.717) is 33.3 Å². The fraction of sp³-hybridized carbons (Fsp3) is 0.167. The molecule has 0 bridgehead atoms. The number of amides is 1. The van der Waals surface area contributed by atoms with Crippen molar-refractivity contribution in [2.45, 2.75) is 24.3 Å². The number of pyridine rings is 1. The number of carbonyl (C=O) groups excluding carboxylic acids is 1. The van der Waals surface area contributed by atoms with Crippen molar-refractivity contribution in [3.05, 3.63) is 82.8 Å². The molecule has 0 aliphatic rings. The number of thioether (sulfide) groups is 1. The van der Waals surface area contributed by atoms with Gasteiger partial charge in [0.1, 0.15) is 11.6 Å². The molecule has 1 atom stereocenters. The minimum atomic E-state index is -0.523. The highest BCUT2D eigenvalue weighted by molar-refractivity contribution is 8.00. The van der Waals surface area contributed by atoms with E-state index in [1.165, 1.54) is 16.3 Å². The summed E-state index contributed by atoms with van der Waals surface area (Å²) >= 11 is 1.21. The monoisotopic (exact) mass is 446 g/mol. The average Bonchev–Trinajstić information content (AvgIpc) is 2.79. The molecule has 7 nitrogen and oxygen atoms in total. The molecule has 2 aromatic heterocycles. The number of anilines is 1. The molecule has 1 N–H and O–H groups in total. The van der Waals surface area contributed by atoms with E-state index < -0.39 is 5.25 Å². The number of hydrogen-bond acceptors (Lipinski definition) is 6. The fourth-order valence-electron chi connectivity index (χ4n) is 3.19. The standard InChI is InChI=1S/C24H22N4O3S/c1-15-11-12-25-21(13-15)28-23(30)19-9-4-5-10-20(19)27-24(28)32-16(2)22(29)26-17-7-6-8-18(14-17)31-3/h4-14,16H,1-3H3,(H,26,29). The van der Waals surface area contributed by atoms with Crippen LogP contribution in [-0.2, 0) is 4.79 Å². The van der Waals surface area contributed by atoms with Gasteiger partial charge in [-0.1, -0.05) is 30.0 Å². The number of ether oxygens (including phenoxy) is 1. The van der Waals surface area contributed by atoms with Crippen LogP contribution in [0.4, 0.5) is 5.69 Å². The highest BCUT2D eigenvalue weighted by atomic mass is 32.2. The van der Waals surface area contributed by atoms with Gasteiger partial charge in [-0.25, -0.2) is 14.5 Å². The highest BCUT2D eigenvalue weighted by Gasteiger charge is 2.21. The van der Waals surface area contributed by atoms with E-state index in [2.05, 4.69) is 15.3 Å². The Morgan fingerprint density at radius 1 is 1.12 bits per heavy atom. The van der Waals surface area contributed by atoms with Crippen molar-refractivity contribution in [1.82, 2.24) is 14.5 Å². The van der Waals surface area contributed by atoms with E-state index in [9.17, 15) is 9.59 Å². The Morgan fingerprint density at radius 2 is 1.94 bits per heavy atom. The SMILES string of the molecule is COc1cccc(NC(=O)C(C)Sc2nc3ccccc3c(=O)n2-c2cc(C)ccn2)c1. The smallest absolute Gasteiger partial charge is 0.267 e. The van der Waals surface area contributed by atoms with Gasteiger partial charge in [-0.15, -0.1) is 0 Å². The molecule has 8 heteroatoms. The Morgan fingerprint density at radius 3 is 2.72 bits per heavy atom. The first-order valence-electron chi connectivity index (χ1n) is 10.0. The normalized spacial score (nSPS) is 11.8. The summed E-state index contributed by atoms with van der Waals surface area (Å²) in [4.78, 5) is 35.2. The maximum Gasteiger partial charge on any atom is 0.267 e. The van der Waals surface area contributed by atoms with Gasteiger partial charge >= 0.3 is 0 Å². The molecule has 0 saturated carbocycles. The van der Waals surface area contributed by atoms with E-state index in [1.54, 1.807) is 62.7 Å². The third-order valence-electron chi connectivity index (χ3n) is 4.86. The summed E-state index contributed by atoms with van der Waals surface area (Å²) in [5.74, 6) is 0.907. The van der Waals surface area contributed by atoms with Gasteiger partial charge in [0.25, 0.3) is 5.56 Å². The molecule has 0 aliphatic carbocycles. The lowest BCUT2D eigenvalue weighted by Gasteiger charge is -2.16. The number of fused-ring (bicyclic) bond motifs is 1. The summed E-state index contributed by atoms with van der Waals surface area (Å²) in [6.45, 7) is 3.71. The van der Waals surface area contributed by atoms with Crippen LogP contribution in [0, 0.1) is 6.92 Å². The molecular formula is C24H22N4O3S. The van der Waals surface area contributed by atoms with Crippen LogP contribution in [0.5, 0.6) is 5.75 Å². The van der Waals surface area contributed by atoms with Crippen molar-refractivity contribution >= 4 is 34.3 Å². The predicted molar refractivity (Wildman–Crippen MR) is 127 cm³/mol. The maximum absolute atomic E-state index is 13.3. The Balaban J connectivity index is 1.70. The van der Waals surface area contributed by atoms with Crippen LogP contribution in [0.15, 0.2) is 76.8 Å². The molecule has 4 aromatic rings. The Labute approximate surface area is 189 Å². The number of carbonyl (C=O) groups is 1. The zero-order valence-corrected chi connectivity index (χ0v) is 18.7. The van der Waals surface area contributed by atoms with Crippen molar-refractivity contribution in [3.8, 4) is 11.6 Å². The molecule has 0 fully saturated rings. The van der Waals surface area contributed by atoms with Crippen LogP contribution < -0.4 is 15.6 Å². The number of aromatic nitrogens is 3. The number of nitrogens with zero attached hydrogens (tertiary/aromatic N) is 3. The second-order valence-corrected chi connectivity index (χ2v) is 8.53. The number of aryl methyl sites for hydroxylation is 1. The Bertz CT molecular complexity index is 1350. The summed E-state index contributed by atoms with van der Waals surface area (Å²) in [5.41, 5.74) is 1.95. The quantitative estimate of drug-likeness (QED) is 0.353. The van der Waals surface area contributed by atoms with Gasteiger partial charge < -0.3 is 10.1 Å². The summed E-state index contributed by atoms with van der Waals surface area (Å²) in [7, 11) is 1.57. The summed E-state index contributed by atoms with van der Waals surface area (Å²) < 4.78 is 6.68. The summed E-state index contributed by atoms with van der Waals surface area (Å²) in [6, 6.07) is 18.0. The van der Waals surface area contributed by atoms with E-state index >= 15 is 0 Å². The molecule has 0 aliphatic heterocycles. The first kappa shape index (κ1) is 21.6. The van der Waals surface area contributed by atoms with Gasteiger partial charge in [-0.3, -0.25) is 9.59 Å². The first-order valence-corrected chi connectivity index (χ1v) is 10.9.